The molecule has 0 fully saturated rings. The molecule has 0 spiro atoms. The van der Waals surface area contributed by atoms with E-state index in [1.54, 1.807) is 0 Å². The van der Waals surface area contributed by atoms with Gasteiger partial charge < -0.3 is 14.6 Å². The van der Waals surface area contributed by atoms with Gasteiger partial charge in [-0.3, -0.25) is 9.88 Å². The first-order valence-corrected chi connectivity index (χ1v) is 8.64. The Morgan fingerprint density at radius 1 is 1.29 bits per heavy atom. The van der Waals surface area contributed by atoms with Crippen molar-refractivity contribution in [2.24, 2.45) is 0 Å². The number of rotatable bonds is 10. The van der Waals surface area contributed by atoms with E-state index in [0.717, 1.165) is 24.9 Å². The van der Waals surface area contributed by atoms with Crippen molar-refractivity contribution >= 4 is 14.3 Å². The van der Waals surface area contributed by atoms with Crippen LogP contribution in [0.25, 0.3) is 0 Å². The molecule has 1 aromatic rings. The number of hydrogen-bond acceptors (Lipinski definition) is 5. The Bertz CT molecular complexity index is 401. The Hall–Kier alpha value is -1.16. The molecule has 0 radical (unpaired) electrons. The molecule has 5 nitrogen and oxygen atoms in total. The van der Waals surface area contributed by atoms with Crippen molar-refractivity contribution in [1.29, 1.82) is 0 Å². The summed E-state index contributed by atoms with van der Waals surface area (Å²) < 4.78 is 11.1. The molecule has 0 saturated carbocycles. The second-order valence-corrected chi connectivity index (χ2v) is 6.54. The Morgan fingerprint density at radius 2 is 2.00 bits per heavy atom. The molecule has 0 heterocycles. The largest absolute Gasteiger partial charge is 0.462 e. The third-order valence-electron chi connectivity index (χ3n) is 2.51. The molecule has 2 N–H and O–H groups in total. The first kappa shape index (κ1) is 17.9. The van der Waals surface area contributed by atoms with Gasteiger partial charge in [0, 0.05) is 6.16 Å². The molecule has 1 aromatic carbocycles. The van der Waals surface area contributed by atoms with Crippen LogP contribution in [0.15, 0.2) is 30.3 Å². The zero-order valence-corrected chi connectivity index (χ0v) is 13.9. The standard InChI is InChI=1S/C15H25N2O3P/c1-13(2)19-15(18)12-17-21(11-7-10-16-3)20-14-8-5-4-6-9-14/h4-6,8-9,13,16-17H,7,10-12H2,1-3H3. The van der Waals surface area contributed by atoms with Gasteiger partial charge in [-0.1, -0.05) is 18.2 Å². The van der Waals surface area contributed by atoms with Gasteiger partial charge >= 0.3 is 5.97 Å². The second-order valence-electron chi connectivity index (χ2n) is 4.84. The highest BCUT2D eigenvalue weighted by molar-refractivity contribution is 7.50. The number of benzene rings is 1. The minimum atomic E-state index is -0.897. The van der Waals surface area contributed by atoms with Crippen molar-refractivity contribution in [3.05, 3.63) is 30.3 Å². The van der Waals surface area contributed by atoms with Crippen molar-refractivity contribution in [2.75, 3.05) is 26.3 Å². The summed E-state index contributed by atoms with van der Waals surface area (Å²) >= 11 is 0. The zero-order valence-electron chi connectivity index (χ0n) is 13.0. The molecule has 0 saturated heterocycles. The fourth-order valence-electron chi connectivity index (χ4n) is 1.62. The van der Waals surface area contributed by atoms with Gasteiger partial charge in [-0.25, -0.2) is 0 Å². The number of hydrogen-bond donors (Lipinski definition) is 2. The van der Waals surface area contributed by atoms with Crippen LogP contribution in [0.3, 0.4) is 0 Å². The van der Waals surface area contributed by atoms with Crippen LogP contribution in [0.5, 0.6) is 5.75 Å². The molecular formula is C15H25N2O3P. The Balaban J connectivity index is 2.45. The number of carbonyl (C=O) groups excluding carboxylic acids is 1. The molecule has 0 aliphatic heterocycles. The normalized spacial score (nSPS) is 12.2. The van der Waals surface area contributed by atoms with E-state index in [4.69, 9.17) is 9.26 Å². The number of para-hydroxylation sites is 1. The first-order chi connectivity index (χ1) is 10.1. The van der Waals surface area contributed by atoms with Gasteiger partial charge in [-0.05, 0) is 46.0 Å². The van der Waals surface area contributed by atoms with Crippen molar-refractivity contribution in [1.82, 2.24) is 10.4 Å². The maximum atomic E-state index is 11.6. The van der Waals surface area contributed by atoms with Gasteiger partial charge in [0.05, 0.1) is 6.10 Å². The van der Waals surface area contributed by atoms with Crippen molar-refractivity contribution < 1.29 is 14.1 Å². The van der Waals surface area contributed by atoms with E-state index in [9.17, 15) is 4.79 Å². The maximum Gasteiger partial charge on any atom is 0.320 e. The van der Waals surface area contributed by atoms with Gasteiger partial charge in [-0.15, -0.1) is 0 Å². The van der Waals surface area contributed by atoms with Crippen LogP contribution < -0.4 is 14.9 Å². The Labute approximate surface area is 128 Å². The number of esters is 1. The van der Waals surface area contributed by atoms with Crippen molar-refractivity contribution in [3.63, 3.8) is 0 Å². The summed E-state index contributed by atoms with van der Waals surface area (Å²) in [4.78, 5) is 11.6. The number of carbonyl (C=O) groups is 1. The molecule has 0 aliphatic rings. The van der Waals surface area contributed by atoms with Gasteiger partial charge in [0.1, 0.15) is 12.3 Å². The molecule has 0 aromatic heterocycles. The lowest BCUT2D eigenvalue weighted by Crippen LogP contribution is -2.25. The van der Waals surface area contributed by atoms with Crippen LogP contribution in [-0.4, -0.2) is 38.4 Å². The highest BCUT2D eigenvalue weighted by Crippen LogP contribution is 2.34. The zero-order chi connectivity index (χ0) is 15.5. The van der Waals surface area contributed by atoms with E-state index < -0.39 is 8.30 Å². The lowest BCUT2D eigenvalue weighted by molar-refractivity contribution is -0.145. The minimum Gasteiger partial charge on any atom is -0.462 e. The summed E-state index contributed by atoms with van der Waals surface area (Å²) in [5.41, 5.74) is 0. The lowest BCUT2D eigenvalue weighted by Gasteiger charge is -2.19. The van der Waals surface area contributed by atoms with E-state index in [2.05, 4.69) is 10.4 Å². The monoisotopic (exact) mass is 312 g/mol. The fraction of sp³-hybridized carbons (Fsp3) is 0.533. The minimum absolute atomic E-state index is 0.0927. The highest BCUT2D eigenvalue weighted by Gasteiger charge is 2.14. The molecule has 1 atom stereocenters. The molecule has 118 valence electrons. The third kappa shape index (κ3) is 8.66. The first-order valence-electron chi connectivity index (χ1n) is 7.20. The van der Waals surface area contributed by atoms with Crippen LogP contribution in [-0.2, 0) is 9.53 Å². The quantitative estimate of drug-likeness (QED) is 0.395. The van der Waals surface area contributed by atoms with Gasteiger partial charge in [-0.2, -0.15) is 0 Å². The summed E-state index contributed by atoms with van der Waals surface area (Å²) in [6.45, 7) is 4.79. The summed E-state index contributed by atoms with van der Waals surface area (Å²) in [6, 6.07) is 9.65. The Kier molecular flexibility index (Phi) is 8.99. The second kappa shape index (κ2) is 10.6. The average Bonchev–Trinajstić information content (AvgIpc) is 2.45. The number of ether oxygens (including phenoxy) is 1. The van der Waals surface area contributed by atoms with Crippen molar-refractivity contribution in [3.8, 4) is 5.75 Å². The third-order valence-corrected chi connectivity index (χ3v) is 4.18. The van der Waals surface area contributed by atoms with Crippen LogP contribution in [0.1, 0.15) is 20.3 Å². The number of nitrogens with one attached hydrogen (secondary N) is 2. The van der Waals surface area contributed by atoms with Gasteiger partial charge in [0.25, 0.3) is 0 Å². The van der Waals surface area contributed by atoms with E-state index in [1.807, 2.05) is 51.2 Å². The van der Waals surface area contributed by atoms with Crippen LogP contribution in [0, 0.1) is 0 Å². The van der Waals surface area contributed by atoms with E-state index >= 15 is 0 Å². The molecular weight excluding hydrogens is 287 g/mol. The van der Waals surface area contributed by atoms with Crippen LogP contribution in [0.2, 0.25) is 0 Å². The SMILES string of the molecule is CNCCCP(NCC(=O)OC(C)C)Oc1ccccc1. The summed E-state index contributed by atoms with van der Waals surface area (Å²) in [5.74, 6) is 0.570. The topological polar surface area (TPSA) is 59.6 Å². The predicted octanol–water partition coefficient (Wildman–Crippen LogP) is 2.53. The summed E-state index contributed by atoms with van der Waals surface area (Å²) in [6.07, 6.45) is 1.77. The van der Waals surface area contributed by atoms with Crippen LogP contribution >= 0.6 is 8.30 Å². The predicted molar refractivity (Wildman–Crippen MR) is 86.6 cm³/mol. The molecule has 1 unspecified atom stereocenters. The summed E-state index contributed by atoms with van der Waals surface area (Å²) in [5, 5.41) is 6.29. The lowest BCUT2D eigenvalue weighted by atomic mass is 10.3. The van der Waals surface area contributed by atoms with E-state index in [0.29, 0.717) is 0 Å². The smallest absolute Gasteiger partial charge is 0.320 e. The van der Waals surface area contributed by atoms with E-state index in [1.165, 1.54) is 0 Å². The molecule has 21 heavy (non-hydrogen) atoms. The molecule has 0 aliphatic carbocycles. The molecule has 0 amide bonds. The van der Waals surface area contributed by atoms with E-state index in [-0.39, 0.29) is 18.6 Å². The van der Waals surface area contributed by atoms with Gasteiger partial charge in [0.15, 0.2) is 8.30 Å². The fourth-order valence-corrected chi connectivity index (χ4v) is 3.06. The highest BCUT2D eigenvalue weighted by atomic mass is 31.2. The average molecular weight is 312 g/mol. The molecule has 1 rings (SSSR count). The van der Waals surface area contributed by atoms with Crippen LogP contribution in [0.4, 0.5) is 0 Å². The van der Waals surface area contributed by atoms with Gasteiger partial charge in [0.2, 0.25) is 0 Å². The summed E-state index contributed by atoms with van der Waals surface area (Å²) in [7, 11) is 1.03. The molecule has 0 bridgehead atoms. The molecule has 6 heteroatoms. The maximum absolute atomic E-state index is 11.6. The Morgan fingerprint density at radius 3 is 2.62 bits per heavy atom. The van der Waals surface area contributed by atoms with Crippen molar-refractivity contribution in [2.45, 2.75) is 26.4 Å².